The molecule has 6 heteroatoms. The number of nitrogens with zero attached hydrogens (tertiary/aromatic N) is 3. The zero-order valence-corrected chi connectivity index (χ0v) is 10.9. The van der Waals surface area contributed by atoms with Gasteiger partial charge in [0.25, 0.3) is 0 Å². The standard InChI is InChI=1S/C11H23N4O2/c1-4-10(12-2)6-5-7-15(3)9-13-8-14(17)11(15)16/h9-10,12,17H,4-8H2,1-3H3/q+1. The highest BCUT2D eigenvalue weighted by Crippen LogP contribution is 2.12. The van der Waals surface area contributed by atoms with Gasteiger partial charge in [0.05, 0.1) is 13.6 Å². The fourth-order valence-electron chi connectivity index (χ4n) is 2.04. The number of hydrogen-bond donors (Lipinski definition) is 2. The van der Waals surface area contributed by atoms with Crippen molar-refractivity contribution in [1.29, 1.82) is 0 Å². The Hall–Kier alpha value is -0.980. The molecule has 98 valence electrons. The quantitative estimate of drug-likeness (QED) is 0.541. The lowest BCUT2D eigenvalue weighted by atomic mass is 10.1. The largest absolute Gasteiger partial charge is 0.450 e. The molecule has 2 N–H and O–H groups in total. The summed E-state index contributed by atoms with van der Waals surface area (Å²) in [7, 11) is 3.72. The van der Waals surface area contributed by atoms with Crippen molar-refractivity contribution in [2.45, 2.75) is 32.2 Å². The van der Waals surface area contributed by atoms with Crippen LogP contribution in [0.25, 0.3) is 0 Å². The van der Waals surface area contributed by atoms with Crippen molar-refractivity contribution in [3.05, 3.63) is 0 Å². The molecule has 2 atom stereocenters. The molecule has 2 amide bonds. The van der Waals surface area contributed by atoms with Crippen LogP contribution in [0.4, 0.5) is 4.79 Å². The number of carbonyl (C=O) groups is 1. The van der Waals surface area contributed by atoms with E-state index in [0.29, 0.717) is 17.6 Å². The zero-order valence-electron chi connectivity index (χ0n) is 10.9. The third kappa shape index (κ3) is 3.49. The smallest absolute Gasteiger partial charge is 0.317 e. The number of aliphatic imine (C=N–C) groups is 1. The van der Waals surface area contributed by atoms with Crippen LogP contribution in [-0.2, 0) is 0 Å². The summed E-state index contributed by atoms with van der Waals surface area (Å²) >= 11 is 0. The van der Waals surface area contributed by atoms with Gasteiger partial charge in [-0.2, -0.15) is 9.55 Å². The number of hydrogen-bond acceptors (Lipinski definition) is 4. The van der Waals surface area contributed by atoms with Gasteiger partial charge in [0.1, 0.15) is 6.67 Å². The number of nitrogens with one attached hydrogen (secondary N) is 1. The molecule has 1 aliphatic rings. The van der Waals surface area contributed by atoms with Crippen molar-refractivity contribution >= 4 is 12.4 Å². The van der Waals surface area contributed by atoms with Crippen LogP contribution >= 0.6 is 0 Å². The molecule has 0 aromatic carbocycles. The lowest BCUT2D eigenvalue weighted by molar-refractivity contribution is -0.739. The maximum Gasteiger partial charge on any atom is 0.450 e. The van der Waals surface area contributed by atoms with Crippen LogP contribution in [0.5, 0.6) is 0 Å². The van der Waals surface area contributed by atoms with Gasteiger partial charge in [0.2, 0.25) is 0 Å². The highest BCUT2D eigenvalue weighted by Gasteiger charge is 2.37. The topological polar surface area (TPSA) is 64.9 Å². The van der Waals surface area contributed by atoms with Crippen LogP contribution < -0.4 is 5.32 Å². The average Bonchev–Trinajstić information content (AvgIpc) is 2.32. The Labute approximate surface area is 102 Å². The number of carbonyl (C=O) groups excluding carboxylic acids is 1. The molecule has 0 aromatic rings. The third-order valence-corrected chi connectivity index (χ3v) is 3.29. The van der Waals surface area contributed by atoms with E-state index >= 15 is 0 Å². The van der Waals surface area contributed by atoms with Gasteiger partial charge in [-0.1, -0.05) is 6.92 Å². The van der Waals surface area contributed by atoms with Crippen LogP contribution in [0.2, 0.25) is 0 Å². The molecule has 0 bridgehead atoms. The van der Waals surface area contributed by atoms with Crippen molar-refractivity contribution in [3.63, 3.8) is 0 Å². The van der Waals surface area contributed by atoms with Crippen molar-refractivity contribution in [1.82, 2.24) is 10.4 Å². The van der Waals surface area contributed by atoms with Gasteiger partial charge in [-0.05, 0) is 26.3 Å². The molecule has 0 aliphatic carbocycles. The van der Waals surface area contributed by atoms with E-state index < -0.39 is 0 Å². The van der Waals surface area contributed by atoms with Gasteiger partial charge in [-0.25, -0.2) is 9.79 Å². The summed E-state index contributed by atoms with van der Waals surface area (Å²) in [5.41, 5.74) is 0. The first-order valence-corrected chi connectivity index (χ1v) is 6.08. The summed E-state index contributed by atoms with van der Waals surface area (Å²) in [6.07, 6.45) is 4.64. The Morgan fingerprint density at radius 3 is 3.00 bits per heavy atom. The van der Waals surface area contributed by atoms with E-state index in [-0.39, 0.29) is 17.2 Å². The van der Waals surface area contributed by atoms with Crippen molar-refractivity contribution in [3.8, 4) is 0 Å². The van der Waals surface area contributed by atoms with Gasteiger partial charge in [-0.3, -0.25) is 5.21 Å². The van der Waals surface area contributed by atoms with Crippen LogP contribution in [0.1, 0.15) is 26.2 Å². The fraction of sp³-hybridized carbons (Fsp3) is 0.818. The summed E-state index contributed by atoms with van der Waals surface area (Å²) in [5, 5.41) is 13.3. The Morgan fingerprint density at radius 1 is 1.71 bits per heavy atom. The molecular weight excluding hydrogens is 220 g/mol. The summed E-state index contributed by atoms with van der Waals surface area (Å²) in [4.78, 5) is 15.8. The van der Waals surface area contributed by atoms with E-state index in [1.54, 1.807) is 13.4 Å². The molecule has 2 unspecified atom stereocenters. The van der Waals surface area contributed by atoms with Gasteiger partial charge < -0.3 is 5.32 Å². The number of urea groups is 1. The molecule has 1 heterocycles. The highest BCUT2D eigenvalue weighted by molar-refractivity contribution is 5.76. The molecule has 0 fully saturated rings. The van der Waals surface area contributed by atoms with E-state index in [0.717, 1.165) is 19.3 Å². The van der Waals surface area contributed by atoms with E-state index in [4.69, 9.17) is 0 Å². The number of amides is 2. The Bertz CT molecular complexity index is 291. The maximum absolute atomic E-state index is 11.8. The van der Waals surface area contributed by atoms with Crippen molar-refractivity contribution < 1.29 is 14.5 Å². The molecule has 17 heavy (non-hydrogen) atoms. The maximum atomic E-state index is 11.8. The minimum Gasteiger partial charge on any atom is -0.317 e. The molecule has 0 saturated carbocycles. The second kappa shape index (κ2) is 6.09. The van der Waals surface area contributed by atoms with Crippen LogP contribution in [0, 0.1) is 0 Å². The average molecular weight is 243 g/mol. The van der Waals surface area contributed by atoms with Crippen LogP contribution in [-0.4, -0.2) is 60.5 Å². The third-order valence-electron chi connectivity index (χ3n) is 3.29. The van der Waals surface area contributed by atoms with E-state index in [1.165, 1.54) is 0 Å². The first-order chi connectivity index (χ1) is 8.03. The highest BCUT2D eigenvalue weighted by atomic mass is 16.5. The second-order valence-corrected chi connectivity index (χ2v) is 4.65. The first kappa shape index (κ1) is 14.1. The SMILES string of the molecule is CCC(CCC[N+]1(C)C=NCN(O)C1=O)NC. The van der Waals surface area contributed by atoms with Crippen molar-refractivity contribution in [2.75, 3.05) is 27.3 Å². The fourth-order valence-corrected chi connectivity index (χ4v) is 2.04. The Kier molecular flexibility index (Phi) is 5.04. The molecule has 0 saturated heterocycles. The molecule has 0 radical (unpaired) electrons. The Balaban J connectivity index is 2.47. The lowest BCUT2D eigenvalue weighted by Crippen LogP contribution is -2.57. The van der Waals surface area contributed by atoms with Crippen molar-refractivity contribution in [2.24, 2.45) is 4.99 Å². The normalized spacial score (nSPS) is 26.4. The summed E-state index contributed by atoms with van der Waals surface area (Å²) in [6.45, 7) is 2.85. The van der Waals surface area contributed by atoms with Gasteiger partial charge >= 0.3 is 6.03 Å². The molecule has 1 rings (SSSR count). The monoisotopic (exact) mass is 243 g/mol. The number of quaternary nitrogens is 1. The van der Waals surface area contributed by atoms with E-state index in [1.807, 2.05) is 7.05 Å². The molecule has 0 aromatic heterocycles. The van der Waals surface area contributed by atoms with Crippen LogP contribution in [0.3, 0.4) is 0 Å². The predicted molar refractivity (Wildman–Crippen MR) is 65.8 cm³/mol. The van der Waals surface area contributed by atoms with Gasteiger partial charge in [0.15, 0.2) is 6.34 Å². The lowest BCUT2D eigenvalue weighted by Gasteiger charge is -2.31. The molecule has 0 spiro atoms. The zero-order chi connectivity index (χ0) is 12.9. The molecule has 6 nitrogen and oxygen atoms in total. The molecular formula is C11H23N4O2+. The van der Waals surface area contributed by atoms with Crippen LogP contribution in [0.15, 0.2) is 4.99 Å². The van der Waals surface area contributed by atoms with E-state index in [2.05, 4.69) is 17.2 Å². The molecule has 1 aliphatic heterocycles. The number of rotatable bonds is 6. The Morgan fingerprint density at radius 2 is 2.41 bits per heavy atom. The summed E-state index contributed by atoms with van der Waals surface area (Å²) < 4.78 is 0.0522. The van der Waals surface area contributed by atoms with E-state index in [9.17, 15) is 10.0 Å². The summed E-state index contributed by atoms with van der Waals surface area (Å²) in [6, 6.07) is 0.182. The predicted octanol–water partition coefficient (Wildman–Crippen LogP) is 1.02. The second-order valence-electron chi connectivity index (χ2n) is 4.65. The number of hydroxylamine groups is 2. The minimum atomic E-state index is -0.308. The van der Waals surface area contributed by atoms with Gasteiger partial charge in [0, 0.05) is 6.04 Å². The summed E-state index contributed by atoms with van der Waals surface area (Å²) in [5.74, 6) is 0. The van der Waals surface area contributed by atoms with Gasteiger partial charge in [-0.15, -0.1) is 0 Å². The minimum absolute atomic E-state index is 0.0424. The first-order valence-electron chi connectivity index (χ1n) is 6.08.